The summed E-state index contributed by atoms with van der Waals surface area (Å²) in [7, 11) is -2.18. The summed E-state index contributed by atoms with van der Waals surface area (Å²) in [6.07, 6.45) is 13.8. The van der Waals surface area contributed by atoms with Gasteiger partial charge in [-0.3, -0.25) is 34.2 Å². The summed E-state index contributed by atoms with van der Waals surface area (Å²) in [5.41, 5.74) is 2.89. The smallest absolute Gasteiger partial charge is 0.326 e. The average molecular weight is 1070 g/mol. The molecule has 1 saturated heterocycles. The maximum absolute atomic E-state index is 13.3. The van der Waals surface area contributed by atoms with Gasteiger partial charge in [-0.05, 0) is 106 Å². The van der Waals surface area contributed by atoms with Crippen LogP contribution in [-0.4, -0.2) is 153 Å². The monoisotopic (exact) mass is 1070 g/mol. The number of hydrogen-bond donors (Lipinski definition) is 8. The van der Waals surface area contributed by atoms with E-state index in [9.17, 15) is 52.5 Å². The molecule has 2 aromatic carbocycles. The van der Waals surface area contributed by atoms with Crippen molar-refractivity contribution in [1.29, 1.82) is 0 Å². The molecule has 1 saturated carbocycles. The maximum atomic E-state index is 13.3. The standard InChI is InChI=1S/C54H84N6O14S/c1-36(2)50(52(65)58-43(53(66)67)33-38-21-24-40(61)25-22-38)57-44(54(68)69)34-56-51(64)42(59-75(5,70)71)16-14-15-29-55-48(62)19-10-8-6-7-9-11-20-49(63)74-41-27-30-60(35-41)45-17-12-13-18-47(45)73-31-28-39-23-26-46(72-4)37(3)32-39/h21-26,32,36,41-45,47,50,57,59,61H,6-20,27-31,33-35H2,1-5H3,(H,55,62)(H,56,64)(H,58,65)(H,66,67)(H,68,69)/t41-,42-,43-,44-,45-,47-,50-/m1/s1. The number of sulfonamides is 1. The molecule has 0 spiro atoms. The lowest BCUT2D eigenvalue weighted by molar-refractivity contribution is -0.149. The van der Waals surface area contributed by atoms with Crippen LogP contribution in [0, 0.1) is 12.8 Å². The molecule has 3 amide bonds. The van der Waals surface area contributed by atoms with Gasteiger partial charge in [0.05, 0.1) is 32.1 Å². The van der Waals surface area contributed by atoms with E-state index >= 15 is 0 Å². The number of amides is 3. The van der Waals surface area contributed by atoms with E-state index in [1.165, 1.54) is 42.7 Å². The van der Waals surface area contributed by atoms with Crippen LogP contribution in [0.25, 0.3) is 0 Å². The quantitative estimate of drug-likeness (QED) is 0.0348. The molecule has 0 bridgehead atoms. The van der Waals surface area contributed by atoms with Crippen LogP contribution in [-0.2, 0) is 61.1 Å². The molecule has 1 aliphatic heterocycles. The number of nitrogens with zero attached hydrogens (tertiary/aromatic N) is 1. The van der Waals surface area contributed by atoms with E-state index in [1.807, 2.05) is 6.07 Å². The number of carboxylic acid groups (broad SMARTS) is 2. The van der Waals surface area contributed by atoms with Crippen molar-refractivity contribution >= 4 is 45.7 Å². The summed E-state index contributed by atoms with van der Waals surface area (Å²) >= 11 is 0. The third-order valence-electron chi connectivity index (χ3n) is 13.8. The molecule has 420 valence electrons. The number of nitrogens with one attached hydrogen (secondary N) is 5. The van der Waals surface area contributed by atoms with Crippen molar-refractivity contribution in [1.82, 2.24) is 30.9 Å². The van der Waals surface area contributed by atoms with Crippen LogP contribution in [0.1, 0.15) is 133 Å². The second-order valence-corrected chi connectivity index (χ2v) is 22.2. The SMILES string of the molecule is COc1ccc(CCO[C@@H]2CCCC[C@H]2N2CC[C@@H](OC(=O)CCCCCCCCC(=O)NCCCC[C@@H](NS(C)(=O)=O)C(=O)NC[C@@H](N[C@@H](C(=O)N[C@H](Cc3ccc(O)cc3)C(=O)O)C(C)C)C(=O)O)C2)cc1C. The number of phenols is 1. The van der Waals surface area contributed by atoms with Gasteiger partial charge >= 0.3 is 17.9 Å². The van der Waals surface area contributed by atoms with Gasteiger partial charge in [0, 0.05) is 51.5 Å². The number of carboxylic acids is 2. The molecule has 20 nitrogen and oxygen atoms in total. The van der Waals surface area contributed by atoms with Crippen LogP contribution >= 0.6 is 0 Å². The minimum Gasteiger partial charge on any atom is -0.508 e. The first-order chi connectivity index (χ1) is 35.7. The summed E-state index contributed by atoms with van der Waals surface area (Å²) < 4.78 is 44.4. The van der Waals surface area contributed by atoms with E-state index < -0.39 is 70.4 Å². The molecule has 1 heterocycles. The van der Waals surface area contributed by atoms with Gasteiger partial charge in [-0.15, -0.1) is 0 Å². The molecule has 21 heteroatoms. The average Bonchev–Trinajstić information content (AvgIpc) is 3.82. The Labute approximate surface area is 443 Å². The first kappa shape index (κ1) is 62.2. The zero-order chi connectivity index (χ0) is 54.9. The number of aryl methyl sites for hydroxylation is 1. The molecule has 2 aromatic rings. The fraction of sp³-hybridized carbons (Fsp3) is 0.667. The minimum absolute atomic E-state index is 0.0146. The first-order valence-electron chi connectivity index (χ1n) is 26.7. The summed E-state index contributed by atoms with van der Waals surface area (Å²) in [6.45, 7) is 7.42. The molecule has 75 heavy (non-hydrogen) atoms. The van der Waals surface area contributed by atoms with Crippen molar-refractivity contribution in [3.63, 3.8) is 0 Å². The van der Waals surface area contributed by atoms with Gasteiger partial charge in [-0.2, -0.15) is 0 Å². The number of ether oxygens (including phenoxy) is 3. The van der Waals surface area contributed by atoms with Crippen molar-refractivity contribution in [3.05, 3.63) is 59.2 Å². The summed E-state index contributed by atoms with van der Waals surface area (Å²) in [5, 5.41) is 39.7. The molecule has 2 aliphatic rings. The molecule has 4 rings (SSSR count). The highest BCUT2D eigenvalue weighted by molar-refractivity contribution is 7.88. The van der Waals surface area contributed by atoms with Crippen LogP contribution in [0.5, 0.6) is 11.5 Å². The topological polar surface area (TPSA) is 288 Å². The van der Waals surface area contributed by atoms with Crippen LogP contribution < -0.4 is 30.7 Å². The van der Waals surface area contributed by atoms with Crippen molar-refractivity contribution in [2.24, 2.45) is 5.92 Å². The normalized spacial score (nSPS) is 18.6. The van der Waals surface area contributed by atoms with Gasteiger partial charge in [0.2, 0.25) is 27.7 Å². The molecule has 2 fully saturated rings. The first-order valence-corrected chi connectivity index (χ1v) is 28.6. The van der Waals surface area contributed by atoms with E-state index in [4.69, 9.17) is 14.2 Å². The molecule has 8 N–H and O–H groups in total. The number of carbonyl (C=O) groups is 6. The van der Waals surface area contributed by atoms with Crippen LogP contribution in [0.2, 0.25) is 0 Å². The Morgan fingerprint density at radius 1 is 0.787 bits per heavy atom. The highest BCUT2D eigenvalue weighted by Gasteiger charge is 2.37. The highest BCUT2D eigenvalue weighted by Crippen LogP contribution is 2.30. The number of rotatable bonds is 35. The lowest BCUT2D eigenvalue weighted by Crippen LogP contribution is -2.59. The second kappa shape index (κ2) is 32.3. The van der Waals surface area contributed by atoms with Crippen molar-refractivity contribution in [2.75, 3.05) is 46.2 Å². The van der Waals surface area contributed by atoms with E-state index in [-0.39, 0.29) is 42.7 Å². The summed E-state index contributed by atoms with van der Waals surface area (Å²) in [4.78, 5) is 78.5. The Morgan fingerprint density at radius 2 is 1.45 bits per heavy atom. The van der Waals surface area contributed by atoms with Gasteiger partial charge in [0.15, 0.2) is 0 Å². The number of phenolic OH excluding ortho intramolecular Hbond substituents is 1. The van der Waals surface area contributed by atoms with E-state index in [0.29, 0.717) is 56.9 Å². The number of methoxy groups -OCH3 is 1. The number of aromatic hydroxyl groups is 1. The third kappa shape index (κ3) is 23.2. The zero-order valence-electron chi connectivity index (χ0n) is 44.6. The van der Waals surface area contributed by atoms with Crippen molar-refractivity contribution in [3.8, 4) is 11.5 Å². The number of carbonyl (C=O) groups excluding carboxylic acids is 4. The van der Waals surface area contributed by atoms with Gasteiger partial charge in [-0.1, -0.05) is 76.6 Å². The Kier molecular flexibility index (Phi) is 26.8. The van der Waals surface area contributed by atoms with Crippen molar-refractivity contribution in [2.45, 2.75) is 179 Å². The van der Waals surface area contributed by atoms with Crippen LogP contribution in [0.4, 0.5) is 0 Å². The second-order valence-electron chi connectivity index (χ2n) is 20.4. The minimum atomic E-state index is -3.86. The molecule has 0 radical (unpaired) electrons. The lowest BCUT2D eigenvalue weighted by atomic mass is 9.91. The number of benzene rings is 2. The number of hydrogen-bond acceptors (Lipinski definition) is 14. The molecule has 1 aliphatic carbocycles. The predicted octanol–water partition coefficient (Wildman–Crippen LogP) is 4.52. The number of esters is 1. The Morgan fingerprint density at radius 3 is 2.11 bits per heavy atom. The maximum Gasteiger partial charge on any atom is 0.326 e. The summed E-state index contributed by atoms with van der Waals surface area (Å²) in [5.74, 6) is -4.22. The molecule has 7 atom stereocenters. The number of aliphatic carboxylic acids is 2. The highest BCUT2D eigenvalue weighted by atomic mass is 32.2. The molecule has 0 aromatic heterocycles. The Hall–Kier alpha value is -5.35. The Bertz CT molecular complexity index is 2250. The summed E-state index contributed by atoms with van der Waals surface area (Å²) in [6, 6.07) is 7.08. The van der Waals surface area contributed by atoms with Crippen LogP contribution in [0.3, 0.4) is 0 Å². The van der Waals surface area contributed by atoms with Crippen molar-refractivity contribution < 1.29 is 66.7 Å². The largest absolute Gasteiger partial charge is 0.508 e. The Balaban J connectivity index is 1.06. The van der Waals surface area contributed by atoms with Gasteiger partial charge in [0.1, 0.15) is 35.7 Å². The van der Waals surface area contributed by atoms with E-state index in [1.54, 1.807) is 21.0 Å². The molecular formula is C54H84N6O14S. The third-order valence-corrected chi connectivity index (χ3v) is 14.6. The van der Waals surface area contributed by atoms with E-state index in [2.05, 4.69) is 49.9 Å². The van der Waals surface area contributed by atoms with Gasteiger partial charge in [-0.25, -0.2) is 17.9 Å². The van der Waals surface area contributed by atoms with Gasteiger partial charge < -0.3 is 45.5 Å². The zero-order valence-corrected chi connectivity index (χ0v) is 45.4. The molecular weight excluding hydrogens is 989 g/mol. The number of unbranched alkanes of at least 4 members (excludes halogenated alkanes) is 6. The number of likely N-dealkylation sites (tertiary alicyclic amines) is 1. The van der Waals surface area contributed by atoms with Crippen LogP contribution in [0.15, 0.2) is 42.5 Å². The lowest BCUT2D eigenvalue weighted by Gasteiger charge is -2.37. The van der Waals surface area contributed by atoms with Gasteiger partial charge in [0.25, 0.3) is 0 Å². The predicted molar refractivity (Wildman–Crippen MR) is 283 cm³/mol. The molecule has 0 unspecified atom stereocenters. The van der Waals surface area contributed by atoms with E-state index in [0.717, 1.165) is 88.4 Å². The fourth-order valence-corrected chi connectivity index (χ4v) is 10.5. The fourth-order valence-electron chi connectivity index (χ4n) is 9.72.